The summed E-state index contributed by atoms with van der Waals surface area (Å²) >= 11 is 1.96. The van der Waals surface area contributed by atoms with Crippen molar-refractivity contribution in [2.24, 2.45) is 0 Å². The van der Waals surface area contributed by atoms with Crippen LogP contribution in [0.3, 0.4) is 0 Å². The van der Waals surface area contributed by atoms with Gasteiger partial charge in [-0.05, 0) is 12.8 Å². The van der Waals surface area contributed by atoms with Gasteiger partial charge in [0.05, 0.1) is 0 Å². The number of hydrogen-bond donors (Lipinski definition) is 2. The largest absolute Gasteiger partial charge is 0.481 e. The Kier molecular flexibility index (Phi) is 10.6. The summed E-state index contributed by atoms with van der Waals surface area (Å²) < 4.78 is -0.261. The minimum atomic E-state index is -0.723. The van der Waals surface area contributed by atoms with Crippen LogP contribution >= 0.6 is 22.6 Å². The van der Waals surface area contributed by atoms with E-state index in [-0.39, 0.29) is 10.3 Å². The zero-order chi connectivity index (χ0) is 13.1. The topological polar surface area (TPSA) is 74.6 Å². The number of carboxylic acids is 2. The van der Waals surface area contributed by atoms with Crippen molar-refractivity contribution in [1.82, 2.24) is 0 Å². The van der Waals surface area contributed by atoms with E-state index in [0.29, 0.717) is 0 Å². The van der Waals surface area contributed by atoms with Crippen LogP contribution < -0.4 is 0 Å². The van der Waals surface area contributed by atoms with Crippen LogP contribution in [0, 0.1) is 0 Å². The predicted octanol–water partition coefficient (Wildman–Crippen LogP) is 3.47. The van der Waals surface area contributed by atoms with E-state index in [1.54, 1.807) is 0 Å². The van der Waals surface area contributed by atoms with Gasteiger partial charge in [-0.3, -0.25) is 9.59 Å². The van der Waals surface area contributed by atoms with Crippen molar-refractivity contribution in [3.63, 3.8) is 0 Å². The summed E-state index contributed by atoms with van der Waals surface area (Å²) in [5.41, 5.74) is 0. The zero-order valence-corrected chi connectivity index (χ0v) is 12.2. The first-order chi connectivity index (χ1) is 8.04. The maximum Gasteiger partial charge on any atom is 0.316 e. The average molecular weight is 356 g/mol. The lowest BCUT2D eigenvalue weighted by Gasteiger charge is -2.04. The van der Waals surface area contributed by atoms with Gasteiger partial charge >= 0.3 is 11.9 Å². The van der Waals surface area contributed by atoms with E-state index in [1.165, 1.54) is 0 Å². The zero-order valence-electron chi connectivity index (χ0n) is 10.0. The molecule has 100 valence electrons. The quantitative estimate of drug-likeness (QED) is 0.338. The van der Waals surface area contributed by atoms with Crippen LogP contribution in [0.25, 0.3) is 0 Å². The summed E-state index contributed by atoms with van der Waals surface area (Å²) in [5.74, 6) is -1.44. The SMILES string of the molecule is O=C(O)CCCCCCCCCC(I)C(=O)O. The molecule has 0 bridgehead atoms. The predicted molar refractivity (Wildman–Crippen MR) is 74.6 cm³/mol. The molecule has 0 rings (SSSR count). The Bertz CT molecular complexity index is 231. The van der Waals surface area contributed by atoms with Crippen molar-refractivity contribution >= 4 is 34.5 Å². The van der Waals surface area contributed by atoms with Gasteiger partial charge in [-0.15, -0.1) is 0 Å². The van der Waals surface area contributed by atoms with Gasteiger partial charge in [-0.25, -0.2) is 0 Å². The molecule has 1 unspecified atom stereocenters. The van der Waals surface area contributed by atoms with E-state index in [2.05, 4.69) is 0 Å². The van der Waals surface area contributed by atoms with Crippen molar-refractivity contribution < 1.29 is 19.8 Å². The fourth-order valence-electron chi connectivity index (χ4n) is 1.61. The monoisotopic (exact) mass is 356 g/mol. The van der Waals surface area contributed by atoms with Crippen molar-refractivity contribution in [3.8, 4) is 0 Å². The molecule has 0 fully saturated rings. The normalized spacial score (nSPS) is 12.3. The first kappa shape index (κ1) is 16.7. The number of unbranched alkanes of at least 4 members (excludes halogenated alkanes) is 6. The van der Waals surface area contributed by atoms with E-state index in [4.69, 9.17) is 10.2 Å². The van der Waals surface area contributed by atoms with E-state index in [0.717, 1.165) is 51.4 Å². The summed E-state index contributed by atoms with van der Waals surface area (Å²) in [6.07, 6.45) is 8.14. The van der Waals surface area contributed by atoms with Crippen LogP contribution in [0.5, 0.6) is 0 Å². The molecule has 4 nitrogen and oxygen atoms in total. The molecule has 0 aromatic carbocycles. The van der Waals surface area contributed by atoms with Crippen LogP contribution in [0.4, 0.5) is 0 Å². The molecule has 0 aromatic heterocycles. The molecular weight excluding hydrogens is 335 g/mol. The first-order valence-corrected chi connectivity index (χ1v) is 7.37. The van der Waals surface area contributed by atoms with Crippen LogP contribution in [-0.4, -0.2) is 26.1 Å². The molecule has 1 atom stereocenters. The van der Waals surface area contributed by atoms with Gasteiger partial charge in [0.2, 0.25) is 0 Å². The minimum Gasteiger partial charge on any atom is -0.481 e. The Morgan fingerprint density at radius 1 is 0.882 bits per heavy atom. The molecule has 0 spiro atoms. The van der Waals surface area contributed by atoms with Gasteiger partial charge in [0.25, 0.3) is 0 Å². The van der Waals surface area contributed by atoms with Gasteiger partial charge in [0.1, 0.15) is 3.92 Å². The van der Waals surface area contributed by atoms with Gasteiger partial charge in [-0.2, -0.15) is 0 Å². The summed E-state index contributed by atoms with van der Waals surface area (Å²) in [4.78, 5) is 20.8. The fraction of sp³-hybridized carbons (Fsp3) is 0.833. The second kappa shape index (κ2) is 10.8. The van der Waals surface area contributed by atoms with Gasteiger partial charge < -0.3 is 10.2 Å². The van der Waals surface area contributed by atoms with Gasteiger partial charge in [0, 0.05) is 6.42 Å². The molecule has 0 amide bonds. The smallest absolute Gasteiger partial charge is 0.316 e. The summed E-state index contributed by atoms with van der Waals surface area (Å²) in [6.45, 7) is 0. The summed E-state index contributed by atoms with van der Waals surface area (Å²) in [7, 11) is 0. The molecule has 0 saturated carbocycles. The molecule has 0 aliphatic heterocycles. The van der Waals surface area contributed by atoms with Crippen molar-refractivity contribution in [2.75, 3.05) is 0 Å². The maximum atomic E-state index is 10.5. The van der Waals surface area contributed by atoms with E-state index in [9.17, 15) is 9.59 Å². The number of carbonyl (C=O) groups is 2. The molecule has 17 heavy (non-hydrogen) atoms. The Hall–Kier alpha value is -0.330. The summed E-state index contributed by atoms with van der Waals surface area (Å²) in [5, 5.41) is 17.1. The highest BCUT2D eigenvalue weighted by Crippen LogP contribution is 2.14. The van der Waals surface area contributed by atoms with Crippen molar-refractivity contribution in [2.45, 2.75) is 61.7 Å². The third-order valence-electron chi connectivity index (χ3n) is 2.62. The van der Waals surface area contributed by atoms with Crippen LogP contribution in [0.15, 0.2) is 0 Å². The Morgan fingerprint density at radius 2 is 1.35 bits per heavy atom. The third-order valence-corrected chi connectivity index (χ3v) is 3.77. The van der Waals surface area contributed by atoms with E-state index >= 15 is 0 Å². The lowest BCUT2D eigenvalue weighted by atomic mass is 10.1. The van der Waals surface area contributed by atoms with Crippen molar-refractivity contribution in [3.05, 3.63) is 0 Å². The molecule has 2 N–H and O–H groups in total. The third kappa shape index (κ3) is 11.9. The van der Waals surface area contributed by atoms with Crippen molar-refractivity contribution in [1.29, 1.82) is 0 Å². The second-order valence-electron chi connectivity index (χ2n) is 4.21. The lowest BCUT2D eigenvalue weighted by Crippen LogP contribution is -2.11. The number of aliphatic carboxylic acids is 2. The molecular formula is C12H21IO4. The maximum absolute atomic E-state index is 10.5. The Labute approximate surface area is 116 Å². The Morgan fingerprint density at radius 3 is 1.82 bits per heavy atom. The average Bonchev–Trinajstić information content (AvgIpc) is 2.25. The number of hydrogen-bond acceptors (Lipinski definition) is 2. The first-order valence-electron chi connectivity index (χ1n) is 6.12. The highest BCUT2D eigenvalue weighted by molar-refractivity contribution is 14.1. The molecule has 0 aliphatic rings. The van der Waals surface area contributed by atoms with Gasteiger partial charge in [-0.1, -0.05) is 61.1 Å². The highest BCUT2D eigenvalue weighted by Gasteiger charge is 2.11. The summed E-state index contributed by atoms with van der Waals surface area (Å²) in [6, 6.07) is 0. The molecule has 5 heteroatoms. The molecule has 0 radical (unpaired) electrons. The minimum absolute atomic E-state index is 0.261. The van der Waals surface area contributed by atoms with E-state index < -0.39 is 11.9 Å². The second-order valence-corrected chi connectivity index (χ2v) is 5.72. The van der Waals surface area contributed by atoms with Crippen LogP contribution in [-0.2, 0) is 9.59 Å². The molecule has 0 heterocycles. The number of carboxylic acid groups (broad SMARTS) is 2. The van der Waals surface area contributed by atoms with E-state index in [1.807, 2.05) is 22.6 Å². The van der Waals surface area contributed by atoms with Crippen LogP contribution in [0.2, 0.25) is 0 Å². The molecule has 0 aliphatic carbocycles. The molecule has 0 saturated heterocycles. The highest BCUT2D eigenvalue weighted by atomic mass is 127. The van der Waals surface area contributed by atoms with Gasteiger partial charge in [0.15, 0.2) is 0 Å². The fourth-order valence-corrected chi connectivity index (χ4v) is 2.05. The molecule has 0 aromatic rings. The Balaban J connectivity index is 3.14. The number of rotatable bonds is 11. The number of alkyl halides is 1. The standard InChI is InChI=1S/C12H21IO4/c13-10(12(16)17)8-6-4-2-1-3-5-7-9-11(14)15/h10H,1-9H2,(H,14,15)(H,16,17). The number of halogens is 1. The van der Waals surface area contributed by atoms with Crippen LogP contribution in [0.1, 0.15) is 57.8 Å². The lowest BCUT2D eigenvalue weighted by molar-refractivity contribution is -0.137.